The van der Waals surface area contributed by atoms with Crippen LogP contribution in [0.1, 0.15) is 5.56 Å². The maximum Gasteiger partial charge on any atom is 0.142 e. The van der Waals surface area contributed by atoms with E-state index >= 15 is 0 Å². The summed E-state index contributed by atoms with van der Waals surface area (Å²) in [4.78, 5) is 0. The van der Waals surface area contributed by atoms with Crippen LogP contribution in [0.4, 0.5) is 5.69 Å². The van der Waals surface area contributed by atoms with Crippen molar-refractivity contribution in [2.24, 2.45) is 0 Å². The second-order valence-electron chi connectivity index (χ2n) is 4.98. The molecule has 0 saturated heterocycles. The Balaban J connectivity index is 1.70. The van der Waals surface area contributed by atoms with Gasteiger partial charge in [-0.1, -0.05) is 30.3 Å². The molecule has 0 aliphatic rings. The predicted octanol–water partition coefficient (Wildman–Crippen LogP) is 2.95. The van der Waals surface area contributed by atoms with Crippen LogP contribution in [0.5, 0.6) is 11.5 Å². The second kappa shape index (κ2) is 8.95. The van der Waals surface area contributed by atoms with E-state index in [1.807, 2.05) is 24.3 Å². The van der Waals surface area contributed by atoms with Gasteiger partial charge in [0.2, 0.25) is 0 Å². The van der Waals surface area contributed by atoms with Crippen LogP contribution in [0.3, 0.4) is 0 Å². The minimum absolute atomic E-state index is 0.820. The van der Waals surface area contributed by atoms with E-state index in [1.54, 1.807) is 14.2 Å². The molecular formula is C18H24N2O2. The number of anilines is 1. The van der Waals surface area contributed by atoms with Crippen molar-refractivity contribution in [2.75, 3.05) is 39.2 Å². The van der Waals surface area contributed by atoms with Gasteiger partial charge in [-0.2, -0.15) is 0 Å². The van der Waals surface area contributed by atoms with E-state index in [4.69, 9.17) is 9.47 Å². The Kier molecular flexibility index (Phi) is 6.58. The lowest BCUT2D eigenvalue weighted by atomic mass is 10.1. The lowest BCUT2D eigenvalue weighted by Crippen LogP contribution is -2.24. The molecule has 0 amide bonds. The van der Waals surface area contributed by atoms with Crippen molar-refractivity contribution < 1.29 is 9.47 Å². The van der Waals surface area contributed by atoms with E-state index < -0.39 is 0 Å². The molecule has 4 heteroatoms. The quantitative estimate of drug-likeness (QED) is 0.699. The Bertz CT molecular complexity index is 558. The molecule has 0 unspecified atom stereocenters. The van der Waals surface area contributed by atoms with Gasteiger partial charge in [-0.25, -0.2) is 0 Å². The minimum atomic E-state index is 0.820. The Morgan fingerprint density at radius 1 is 0.864 bits per heavy atom. The molecule has 0 saturated carbocycles. The molecule has 2 aromatic rings. The minimum Gasteiger partial charge on any atom is -0.497 e. The monoisotopic (exact) mass is 300 g/mol. The molecule has 0 aliphatic carbocycles. The molecule has 2 N–H and O–H groups in total. The highest BCUT2D eigenvalue weighted by atomic mass is 16.5. The van der Waals surface area contributed by atoms with Crippen LogP contribution in [0.15, 0.2) is 48.5 Å². The maximum absolute atomic E-state index is 5.34. The normalized spacial score (nSPS) is 10.3. The van der Waals surface area contributed by atoms with Crippen molar-refractivity contribution in [3.63, 3.8) is 0 Å². The van der Waals surface area contributed by atoms with E-state index in [-0.39, 0.29) is 0 Å². The number of nitrogens with one attached hydrogen (secondary N) is 2. The van der Waals surface area contributed by atoms with Gasteiger partial charge >= 0.3 is 0 Å². The highest BCUT2D eigenvalue weighted by Crippen LogP contribution is 2.28. The largest absolute Gasteiger partial charge is 0.497 e. The van der Waals surface area contributed by atoms with Crippen LogP contribution < -0.4 is 20.1 Å². The third kappa shape index (κ3) is 4.97. The molecule has 0 aliphatic heterocycles. The van der Waals surface area contributed by atoms with Crippen molar-refractivity contribution in [1.29, 1.82) is 0 Å². The zero-order valence-corrected chi connectivity index (χ0v) is 13.3. The van der Waals surface area contributed by atoms with Gasteiger partial charge in [-0.15, -0.1) is 0 Å². The first-order chi connectivity index (χ1) is 10.8. The summed E-state index contributed by atoms with van der Waals surface area (Å²) in [5.74, 6) is 1.64. The van der Waals surface area contributed by atoms with Gasteiger partial charge in [0.05, 0.1) is 19.9 Å². The summed E-state index contributed by atoms with van der Waals surface area (Å²) < 4.78 is 10.6. The van der Waals surface area contributed by atoms with E-state index in [1.165, 1.54) is 5.56 Å². The van der Waals surface area contributed by atoms with Crippen LogP contribution in [0.2, 0.25) is 0 Å². The fourth-order valence-electron chi connectivity index (χ4n) is 2.24. The molecule has 0 bridgehead atoms. The molecule has 0 atom stereocenters. The summed E-state index contributed by atoms with van der Waals surface area (Å²) >= 11 is 0. The topological polar surface area (TPSA) is 42.5 Å². The molecule has 0 radical (unpaired) electrons. The molecule has 118 valence electrons. The third-order valence-electron chi connectivity index (χ3n) is 3.46. The first-order valence-electron chi connectivity index (χ1n) is 7.54. The molecule has 0 spiro atoms. The molecule has 0 heterocycles. The summed E-state index contributed by atoms with van der Waals surface area (Å²) in [6.07, 6.45) is 1.04. The molecule has 22 heavy (non-hydrogen) atoms. The number of rotatable bonds is 9. The number of ether oxygens (including phenoxy) is 2. The fraction of sp³-hybridized carbons (Fsp3) is 0.333. The SMILES string of the molecule is COc1ccc(OC)c(NCCNCCc2ccccc2)c1. The molecule has 2 rings (SSSR count). The van der Waals surface area contributed by atoms with E-state index in [2.05, 4.69) is 34.9 Å². The first kappa shape index (κ1) is 16.2. The van der Waals surface area contributed by atoms with E-state index in [0.29, 0.717) is 0 Å². The number of benzene rings is 2. The first-order valence-corrected chi connectivity index (χ1v) is 7.54. The molecule has 4 nitrogen and oxygen atoms in total. The molecular weight excluding hydrogens is 276 g/mol. The lowest BCUT2D eigenvalue weighted by Gasteiger charge is -2.13. The third-order valence-corrected chi connectivity index (χ3v) is 3.46. The Labute approximate surface area is 132 Å². The Hall–Kier alpha value is -2.20. The van der Waals surface area contributed by atoms with Crippen molar-refractivity contribution in [3.8, 4) is 11.5 Å². The van der Waals surface area contributed by atoms with Gasteiger partial charge in [-0.3, -0.25) is 0 Å². The van der Waals surface area contributed by atoms with E-state index in [9.17, 15) is 0 Å². The van der Waals surface area contributed by atoms with Crippen LogP contribution >= 0.6 is 0 Å². The van der Waals surface area contributed by atoms with Gasteiger partial charge < -0.3 is 20.1 Å². The van der Waals surface area contributed by atoms with Gasteiger partial charge in [0.25, 0.3) is 0 Å². The van der Waals surface area contributed by atoms with Crippen LogP contribution in [-0.4, -0.2) is 33.9 Å². The zero-order chi connectivity index (χ0) is 15.6. The van der Waals surface area contributed by atoms with E-state index in [0.717, 1.165) is 43.2 Å². The maximum atomic E-state index is 5.34. The zero-order valence-electron chi connectivity index (χ0n) is 13.3. The Morgan fingerprint density at radius 3 is 2.41 bits per heavy atom. The van der Waals surface area contributed by atoms with Crippen LogP contribution in [0, 0.1) is 0 Å². The van der Waals surface area contributed by atoms with Crippen molar-refractivity contribution >= 4 is 5.69 Å². The van der Waals surface area contributed by atoms with Crippen molar-refractivity contribution in [1.82, 2.24) is 5.32 Å². The fourth-order valence-corrected chi connectivity index (χ4v) is 2.24. The van der Waals surface area contributed by atoms with Crippen molar-refractivity contribution in [2.45, 2.75) is 6.42 Å². The number of methoxy groups -OCH3 is 2. The summed E-state index contributed by atoms with van der Waals surface area (Å²) in [6, 6.07) is 16.2. The number of hydrogen-bond acceptors (Lipinski definition) is 4. The molecule has 0 fully saturated rings. The average molecular weight is 300 g/mol. The smallest absolute Gasteiger partial charge is 0.142 e. The van der Waals surface area contributed by atoms with Gasteiger partial charge in [0, 0.05) is 19.2 Å². The molecule has 0 aromatic heterocycles. The second-order valence-corrected chi connectivity index (χ2v) is 4.98. The summed E-state index contributed by atoms with van der Waals surface area (Å²) in [6.45, 7) is 2.70. The van der Waals surface area contributed by atoms with Gasteiger partial charge in [0.15, 0.2) is 0 Å². The van der Waals surface area contributed by atoms with Gasteiger partial charge in [-0.05, 0) is 30.7 Å². The predicted molar refractivity (Wildman–Crippen MR) is 91.1 cm³/mol. The Morgan fingerprint density at radius 2 is 1.68 bits per heavy atom. The molecule has 2 aromatic carbocycles. The highest BCUT2D eigenvalue weighted by molar-refractivity contribution is 5.59. The standard InChI is InChI=1S/C18H24N2O2/c1-21-16-8-9-18(22-2)17(14-16)20-13-12-19-11-10-15-6-4-3-5-7-15/h3-9,14,19-20H,10-13H2,1-2H3. The summed E-state index contributed by atoms with van der Waals surface area (Å²) in [5.41, 5.74) is 2.31. The summed E-state index contributed by atoms with van der Waals surface area (Å²) in [7, 11) is 3.34. The van der Waals surface area contributed by atoms with Crippen molar-refractivity contribution in [3.05, 3.63) is 54.1 Å². The average Bonchev–Trinajstić information content (AvgIpc) is 2.58. The van der Waals surface area contributed by atoms with Crippen LogP contribution in [-0.2, 0) is 6.42 Å². The highest BCUT2D eigenvalue weighted by Gasteiger charge is 2.03. The van der Waals surface area contributed by atoms with Crippen LogP contribution in [0.25, 0.3) is 0 Å². The number of hydrogen-bond donors (Lipinski definition) is 2. The van der Waals surface area contributed by atoms with Gasteiger partial charge in [0.1, 0.15) is 11.5 Å². The summed E-state index contributed by atoms with van der Waals surface area (Å²) in [5, 5.41) is 6.81. The lowest BCUT2D eigenvalue weighted by molar-refractivity contribution is 0.404.